The van der Waals surface area contributed by atoms with Crippen molar-refractivity contribution in [1.82, 2.24) is 4.98 Å². The van der Waals surface area contributed by atoms with E-state index in [0.717, 1.165) is 35.2 Å². The quantitative estimate of drug-likeness (QED) is 0.185. The van der Waals surface area contributed by atoms with Crippen LogP contribution in [0.3, 0.4) is 0 Å². The van der Waals surface area contributed by atoms with E-state index >= 15 is 0 Å². The SMILES string of the molecule is CCCc1ccc(C#N)c(SC2CC(=O)N(c3ccc(C(=O)OCC(=O)c4ccc(OC)c(OC)c4)cc3)C2=O)n1. The summed E-state index contributed by atoms with van der Waals surface area (Å²) in [6.07, 6.45) is 1.58. The lowest BCUT2D eigenvalue weighted by Crippen LogP contribution is -2.31. The predicted octanol–water partition coefficient (Wildman–Crippen LogP) is 4.39. The highest BCUT2D eigenvalue weighted by Crippen LogP contribution is 2.35. The maximum atomic E-state index is 13.2. The zero-order valence-electron chi connectivity index (χ0n) is 22.7. The molecule has 4 rings (SSSR count). The van der Waals surface area contributed by atoms with Gasteiger partial charge in [-0.3, -0.25) is 14.4 Å². The van der Waals surface area contributed by atoms with Gasteiger partial charge in [0.1, 0.15) is 11.1 Å². The number of methoxy groups -OCH3 is 2. The number of pyridine rings is 1. The predicted molar refractivity (Wildman–Crippen MR) is 150 cm³/mol. The minimum atomic E-state index is -0.736. The third-order valence-corrected chi connectivity index (χ3v) is 7.49. The molecule has 3 aromatic rings. The molecule has 2 heterocycles. The molecule has 0 spiro atoms. The average molecular weight is 574 g/mol. The second-order valence-corrected chi connectivity index (χ2v) is 10.2. The monoisotopic (exact) mass is 573 g/mol. The second-order valence-electron chi connectivity index (χ2n) is 9.01. The number of nitrogens with zero attached hydrogens (tertiary/aromatic N) is 3. The smallest absolute Gasteiger partial charge is 0.338 e. The molecule has 10 nitrogen and oxygen atoms in total. The highest BCUT2D eigenvalue weighted by atomic mass is 32.2. The van der Waals surface area contributed by atoms with Crippen LogP contribution in [0, 0.1) is 11.3 Å². The maximum absolute atomic E-state index is 13.2. The van der Waals surface area contributed by atoms with Crippen molar-refractivity contribution in [2.75, 3.05) is 25.7 Å². The highest BCUT2D eigenvalue weighted by molar-refractivity contribution is 8.00. The summed E-state index contributed by atoms with van der Waals surface area (Å²) in [5, 5.41) is 9.16. The molecule has 0 bridgehead atoms. The lowest BCUT2D eigenvalue weighted by Gasteiger charge is -2.15. The van der Waals surface area contributed by atoms with Gasteiger partial charge in [0.05, 0.1) is 36.3 Å². The van der Waals surface area contributed by atoms with Crippen molar-refractivity contribution in [1.29, 1.82) is 5.26 Å². The molecule has 1 aliphatic heterocycles. The molecule has 1 atom stereocenters. The van der Waals surface area contributed by atoms with E-state index in [1.54, 1.807) is 24.3 Å². The van der Waals surface area contributed by atoms with Crippen LogP contribution in [0.25, 0.3) is 0 Å². The maximum Gasteiger partial charge on any atom is 0.338 e. The minimum absolute atomic E-state index is 0.0455. The number of ketones is 1. The summed E-state index contributed by atoms with van der Waals surface area (Å²) < 4.78 is 15.5. The molecule has 0 radical (unpaired) electrons. The second kappa shape index (κ2) is 13.1. The molecule has 1 fully saturated rings. The van der Waals surface area contributed by atoms with Crippen LogP contribution in [0.5, 0.6) is 11.5 Å². The fourth-order valence-corrected chi connectivity index (χ4v) is 5.32. The number of anilines is 1. The molecule has 2 aromatic carbocycles. The summed E-state index contributed by atoms with van der Waals surface area (Å²) in [4.78, 5) is 56.6. The Morgan fingerprint density at radius 2 is 1.73 bits per heavy atom. The molecule has 2 amide bonds. The molecule has 1 aromatic heterocycles. The number of hydrogen-bond acceptors (Lipinski definition) is 10. The number of carbonyl (C=O) groups excluding carboxylic acids is 4. The van der Waals surface area contributed by atoms with Crippen LogP contribution in [0.15, 0.2) is 59.6 Å². The first-order chi connectivity index (χ1) is 19.8. The molecule has 1 unspecified atom stereocenters. The van der Waals surface area contributed by atoms with Gasteiger partial charge in [-0.25, -0.2) is 14.7 Å². The first-order valence-corrected chi connectivity index (χ1v) is 13.6. The number of Topliss-reactive ketones (excluding diaryl/α,β-unsaturated/α-hetero) is 1. The van der Waals surface area contributed by atoms with Gasteiger partial charge < -0.3 is 14.2 Å². The lowest BCUT2D eigenvalue weighted by atomic mass is 10.1. The zero-order chi connectivity index (χ0) is 29.5. The molecule has 210 valence electrons. The number of aryl methyl sites for hydroxylation is 1. The molecular weight excluding hydrogens is 546 g/mol. The summed E-state index contributed by atoms with van der Waals surface area (Å²) in [6.45, 7) is 1.53. The van der Waals surface area contributed by atoms with Gasteiger partial charge in [-0.05, 0) is 61.0 Å². The molecule has 41 heavy (non-hydrogen) atoms. The number of benzene rings is 2. The Morgan fingerprint density at radius 1 is 1.02 bits per heavy atom. The number of ether oxygens (including phenoxy) is 3. The summed E-state index contributed by atoms with van der Waals surface area (Å²) in [5.74, 6) is -1.15. The number of rotatable bonds is 11. The number of imide groups is 1. The number of amides is 2. The molecule has 0 N–H and O–H groups in total. The molecule has 1 aliphatic rings. The topological polar surface area (TPSA) is 136 Å². The number of thioether (sulfide) groups is 1. The Hall–Kier alpha value is -4.69. The number of aromatic nitrogens is 1. The first kappa shape index (κ1) is 29.3. The summed E-state index contributed by atoms with van der Waals surface area (Å²) in [7, 11) is 2.93. The Bertz CT molecular complexity index is 1530. The van der Waals surface area contributed by atoms with Crippen LogP contribution in [0.4, 0.5) is 5.69 Å². The van der Waals surface area contributed by atoms with E-state index in [2.05, 4.69) is 11.1 Å². The van der Waals surface area contributed by atoms with Gasteiger partial charge in [-0.15, -0.1) is 0 Å². The standard InChI is InChI=1S/C30H27N3O7S/c1-4-5-21-10-6-20(16-31)28(32-21)41-26-15-27(35)33(29(26)36)22-11-7-18(8-12-22)30(37)40-17-23(34)19-9-13-24(38-2)25(14-19)39-3/h6-14,26H,4-5,15,17H2,1-3H3. The molecule has 0 saturated carbocycles. The molecule has 0 aliphatic carbocycles. The fourth-order valence-electron chi connectivity index (χ4n) is 4.21. The Morgan fingerprint density at radius 3 is 2.39 bits per heavy atom. The van der Waals surface area contributed by atoms with Crippen molar-refractivity contribution >= 4 is 41.0 Å². The van der Waals surface area contributed by atoms with Crippen LogP contribution in [-0.4, -0.2) is 54.6 Å². The van der Waals surface area contributed by atoms with Crippen LogP contribution in [-0.2, 0) is 20.7 Å². The van der Waals surface area contributed by atoms with Crippen molar-refractivity contribution in [3.8, 4) is 17.6 Å². The van der Waals surface area contributed by atoms with Crippen LogP contribution >= 0.6 is 11.8 Å². The van der Waals surface area contributed by atoms with Crippen molar-refractivity contribution in [3.63, 3.8) is 0 Å². The van der Waals surface area contributed by atoms with Gasteiger partial charge in [0.25, 0.3) is 0 Å². The van der Waals surface area contributed by atoms with Gasteiger partial charge in [0.2, 0.25) is 11.8 Å². The van der Waals surface area contributed by atoms with E-state index in [4.69, 9.17) is 14.2 Å². The van der Waals surface area contributed by atoms with E-state index in [0.29, 0.717) is 33.3 Å². The summed E-state index contributed by atoms with van der Waals surface area (Å²) in [6, 6.07) is 16.0. The van der Waals surface area contributed by atoms with Gasteiger partial charge in [-0.1, -0.05) is 25.1 Å². The van der Waals surface area contributed by atoms with Crippen molar-refractivity contribution < 1.29 is 33.4 Å². The first-order valence-electron chi connectivity index (χ1n) is 12.8. The Kier molecular flexibility index (Phi) is 9.37. The number of nitriles is 1. The number of esters is 1. The Balaban J connectivity index is 1.40. The van der Waals surface area contributed by atoms with Crippen molar-refractivity contribution in [2.24, 2.45) is 0 Å². The van der Waals surface area contributed by atoms with E-state index in [1.165, 1.54) is 44.6 Å². The molecule has 11 heteroatoms. The van der Waals surface area contributed by atoms with Crippen LogP contribution in [0.2, 0.25) is 0 Å². The lowest BCUT2D eigenvalue weighted by molar-refractivity contribution is -0.121. The average Bonchev–Trinajstić information content (AvgIpc) is 3.27. The minimum Gasteiger partial charge on any atom is -0.493 e. The van der Waals surface area contributed by atoms with Crippen LogP contribution in [0.1, 0.15) is 51.7 Å². The largest absolute Gasteiger partial charge is 0.493 e. The third-order valence-electron chi connectivity index (χ3n) is 6.30. The number of carbonyl (C=O) groups is 4. The number of hydrogen-bond donors (Lipinski definition) is 0. The fraction of sp³-hybridized carbons (Fsp3) is 0.267. The van der Waals surface area contributed by atoms with E-state index in [1.807, 2.05) is 6.92 Å². The Labute approximate surface area is 241 Å². The van der Waals surface area contributed by atoms with Gasteiger partial charge in [-0.2, -0.15) is 5.26 Å². The third kappa shape index (κ3) is 6.56. The van der Waals surface area contributed by atoms with Gasteiger partial charge in [0, 0.05) is 17.7 Å². The summed E-state index contributed by atoms with van der Waals surface area (Å²) >= 11 is 1.11. The molecule has 1 saturated heterocycles. The molecular formula is C30H27N3O7S. The summed E-state index contributed by atoms with van der Waals surface area (Å²) in [5.41, 5.74) is 1.90. The van der Waals surface area contributed by atoms with E-state index in [-0.39, 0.29) is 12.0 Å². The van der Waals surface area contributed by atoms with E-state index in [9.17, 15) is 24.4 Å². The zero-order valence-corrected chi connectivity index (χ0v) is 23.5. The van der Waals surface area contributed by atoms with Crippen molar-refractivity contribution in [3.05, 3.63) is 77.0 Å². The van der Waals surface area contributed by atoms with Gasteiger partial charge >= 0.3 is 5.97 Å². The van der Waals surface area contributed by atoms with Crippen LogP contribution < -0.4 is 14.4 Å². The van der Waals surface area contributed by atoms with Crippen molar-refractivity contribution in [2.45, 2.75) is 36.5 Å². The van der Waals surface area contributed by atoms with E-state index < -0.39 is 35.4 Å². The highest BCUT2D eigenvalue weighted by Gasteiger charge is 2.40. The normalized spacial score (nSPS) is 14.5. The van der Waals surface area contributed by atoms with Gasteiger partial charge in [0.15, 0.2) is 23.9 Å².